The van der Waals surface area contributed by atoms with E-state index in [-0.39, 0.29) is 27.5 Å². The van der Waals surface area contributed by atoms with E-state index in [1.54, 1.807) is 0 Å². The van der Waals surface area contributed by atoms with E-state index in [1.165, 1.54) is 26.0 Å². The first-order chi connectivity index (χ1) is 16.8. The van der Waals surface area contributed by atoms with Crippen LogP contribution in [0.3, 0.4) is 0 Å². The molecule has 0 radical (unpaired) electrons. The molecule has 36 heavy (non-hydrogen) atoms. The zero-order valence-corrected chi connectivity index (χ0v) is 23.5. The molecule has 0 saturated heterocycles. The summed E-state index contributed by atoms with van der Waals surface area (Å²) in [6, 6.07) is 4.22. The normalized spacial score (nSPS) is 17.9. The Morgan fingerprint density at radius 2 is 1.83 bits per heavy atom. The molecule has 2 aromatic rings. The summed E-state index contributed by atoms with van der Waals surface area (Å²) >= 11 is 0.872. The van der Waals surface area contributed by atoms with Gasteiger partial charge in [0.15, 0.2) is 9.92 Å². The van der Waals surface area contributed by atoms with Gasteiger partial charge in [-0.1, -0.05) is 52.7 Å². The molecule has 2 unspecified atom stereocenters. The van der Waals surface area contributed by atoms with Crippen molar-refractivity contribution in [2.24, 2.45) is 9.50 Å². The number of nitrogens with two attached hydrogens (primary N) is 1. The lowest BCUT2D eigenvalue weighted by Gasteiger charge is -2.22. The monoisotopic (exact) mass is 537 g/mol. The van der Waals surface area contributed by atoms with Crippen LogP contribution >= 0.6 is 11.3 Å². The zero-order chi connectivity index (χ0) is 26.7. The highest BCUT2D eigenvalue weighted by Crippen LogP contribution is 2.32. The molecular weight excluding hydrogens is 498 g/mol. The Bertz CT molecular complexity index is 1160. The second-order valence-corrected chi connectivity index (χ2v) is 13.5. The van der Waals surface area contributed by atoms with E-state index in [1.807, 2.05) is 0 Å². The Kier molecular flexibility index (Phi) is 9.46. The van der Waals surface area contributed by atoms with E-state index < -0.39 is 28.0 Å². The van der Waals surface area contributed by atoms with Crippen molar-refractivity contribution in [3.63, 3.8) is 0 Å². The first-order valence-corrected chi connectivity index (χ1v) is 14.9. The van der Waals surface area contributed by atoms with Crippen molar-refractivity contribution < 1.29 is 24.0 Å². The molecule has 1 fully saturated rings. The summed E-state index contributed by atoms with van der Waals surface area (Å²) in [4.78, 5) is 17.1. The fraction of sp³-hybridized carbons (Fsp3) is 0.615. The molecule has 0 aliphatic heterocycles. The Balaban J connectivity index is 1.89. The minimum Gasteiger partial charge on any atom is -0.393 e. The number of amides is 1. The van der Waals surface area contributed by atoms with Crippen LogP contribution in [0.2, 0.25) is 0 Å². The molecule has 1 heterocycles. The number of benzene rings is 1. The molecule has 2 atom stereocenters. The summed E-state index contributed by atoms with van der Waals surface area (Å²) in [5.74, 6) is -0.238. The van der Waals surface area contributed by atoms with Gasteiger partial charge in [0.2, 0.25) is 0 Å². The third-order valence-corrected chi connectivity index (χ3v) is 9.69. The molecule has 1 aliphatic carbocycles. The minimum absolute atomic E-state index is 0.0149. The van der Waals surface area contributed by atoms with Crippen molar-refractivity contribution in [1.82, 2.24) is 4.98 Å². The number of hydrogen-bond acceptors (Lipinski definition) is 7. The maximum atomic E-state index is 13.1. The number of rotatable bonds is 10. The number of carbonyl (C=O) groups excluding carboxylic acids is 1. The van der Waals surface area contributed by atoms with Crippen LogP contribution in [0.15, 0.2) is 26.9 Å². The predicted octanol–water partition coefficient (Wildman–Crippen LogP) is 4.52. The molecule has 3 rings (SSSR count). The fourth-order valence-electron chi connectivity index (χ4n) is 4.46. The summed E-state index contributed by atoms with van der Waals surface area (Å²) in [7, 11) is -3.55. The lowest BCUT2D eigenvalue weighted by molar-refractivity contribution is -0.117. The van der Waals surface area contributed by atoms with Crippen molar-refractivity contribution in [2.75, 3.05) is 6.61 Å². The molecule has 1 saturated carbocycles. The van der Waals surface area contributed by atoms with Gasteiger partial charge >= 0.3 is 0 Å². The van der Waals surface area contributed by atoms with Crippen LogP contribution in [0.1, 0.15) is 99.4 Å². The van der Waals surface area contributed by atoms with Crippen LogP contribution in [-0.4, -0.2) is 38.0 Å². The summed E-state index contributed by atoms with van der Waals surface area (Å²) in [6.45, 7) is 9.73. The SMILES string of the molecule is CC(C)c1cc(COC2CCCC2)cc(C(C)C)c1CC(=O)N=S(N)(=O)c1cnc(C(C)(O)CO)s1. The highest BCUT2D eigenvalue weighted by atomic mass is 32.2. The lowest BCUT2D eigenvalue weighted by atomic mass is 9.85. The maximum Gasteiger partial charge on any atom is 0.259 e. The summed E-state index contributed by atoms with van der Waals surface area (Å²) in [6.07, 6.45) is 6.20. The van der Waals surface area contributed by atoms with Crippen molar-refractivity contribution in [1.29, 1.82) is 0 Å². The molecule has 8 nitrogen and oxygen atoms in total. The van der Waals surface area contributed by atoms with Crippen LogP contribution in [0.5, 0.6) is 0 Å². The highest BCUT2D eigenvalue weighted by molar-refractivity contribution is 7.93. The molecule has 200 valence electrons. The van der Waals surface area contributed by atoms with Gasteiger partial charge in [0.05, 0.1) is 31.9 Å². The number of hydrogen-bond donors (Lipinski definition) is 3. The Labute approximate surface area is 218 Å². The van der Waals surface area contributed by atoms with Gasteiger partial charge in [-0.2, -0.15) is 0 Å². The van der Waals surface area contributed by atoms with E-state index in [4.69, 9.17) is 9.88 Å². The molecular formula is C26H39N3O5S2. The third-order valence-electron chi connectivity index (χ3n) is 6.52. The molecule has 0 spiro atoms. The predicted molar refractivity (Wildman–Crippen MR) is 142 cm³/mol. The van der Waals surface area contributed by atoms with Gasteiger partial charge < -0.3 is 14.9 Å². The molecule has 0 bridgehead atoms. The molecule has 1 amide bonds. The van der Waals surface area contributed by atoms with Gasteiger partial charge in [-0.3, -0.25) is 4.79 Å². The van der Waals surface area contributed by atoms with Crippen molar-refractivity contribution in [3.05, 3.63) is 45.6 Å². The summed E-state index contributed by atoms with van der Waals surface area (Å²) in [5.41, 5.74) is 2.50. The molecule has 1 aromatic heterocycles. The second kappa shape index (κ2) is 11.8. The third kappa shape index (κ3) is 6.99. The van der Waals surface area contributed by atoms with E-state index in [9.17, 15) is 19.2 Å². The number of nitrogens with zero attached hydrogens (tertiary/aromatic N) is 2. The van der Waals surface area contributed by atoms with E-state index in [2.05, 4.69) is 49.2 Å². The van der Waals surface area contributed by atoms with Crippen molar-refractivity contribution in [3.8, 4) is 0 Å². The van der Waals surface area contributed by atoms with Crippen LogP contribution < -0.4 is 5.14 Å². The first kappa shape index (κ1) is 28.9. The Hall–Kier alpha value is -1.69. The van der Waals surface area contributed by atoms with Crippen LogP contribution in [0.4, 0.5) is 0 Å². The van der Waals surface area contributed by atoms with Gasteiger partial charge in [0.1, 0.15) is 14.8 Å². The Morgan fingerprint density at radius 1 is 1.25 bits per heavy atom. The molecule has 4 N–H and O–H groups in total. The number of thiazole rings is 1. The average Bonchev–Trinajstić information content (AvgIpc) is 3.50. The van der Waals surface area contributed by atoms with Gasteiger partial charge in [0.25, 0.3) is 5.91 Å². The fourth-order valence-corrected chi connectivity index (χ4v) is 6.63. The van der Waals surface area contributed by atoms with Gasteiger partial charge in [-0.15, -0.1) is 15.7 Å². The second-order valence-electron chi connectivity index (χ2n) is 10.4. The number of carbonyl (C=O) groups is 1. The maximum absolute atomic E-state index is 13.1. The van der Waals surface area contributed by atoms with Crippen LogP contribution in [0.25, 0.3) is 0 Å². The van der Waals surface area contributed by atoms with Crippen LogP contribution in [-0.2, 0) is 38.1 Å². The summed E-state index contributed by atoms with van der Waals surface area (Å²) < 4.78 is 23.2. The molecule has 10 heteroatoms. The number of aromatic nitrogens is 1. The Morgan fingerprint density at radius 3 is 2.36 bits per heavy atom. The van der Waals surface area contributed by atoms with Gasteiger partial charge in [0, 0.05) is 0 Å². The van der Waals surface area contributed by atoms with E-state index in [0.29, 0.717) is 12.7 Å². The van der Waals surface area contributed by atoms with Crippen molar-refractivity contribution in [2.45, 2.75) is 101 Å². The quantitative estimate of drug-likeness (QED) is 0.408. The van der Waals surface area contributed by atoms with E-state index >= 15 is 0 Å². The average molecular weight is 538 g/mol. The largest absolute Gasteiger partial charge is 0.393 e. The lowest BCUT2D eigenvalue weighted by Crippen LogP contribution is -2.25. The number of aliphatic hydroxyl groups excluding tert-OH is 1. The summed E-state index contributed by atoms with van der Waals surface area (Å²) in [5, 5.41) is 25.7. The number of aliphatic hydroxyl groups is 2. The standard InChI is InChI=1S/C26H39N3O5S2/c1-16(2)20-10-18(14-34-19-8-6-7-9-19)11-21(17(3)4)22(20)12-23(31)29-36(27,33)24-13-28-25(35-24)26(5,32)15-30/h10-11,13,16-17,19,30,32H,6-9,12,14-15H2,1-5H3,(H2,27,29,31,33). The molecule has 1 aliphatic rings. The van der Waals surface area contributed by atoms with Crippen LogP contribution in [0, 0.1) is 0 Å². The zero-order valence-electron chi connectivity index (χ0n) is 21.8. The van der Waals surface area contributed by atoms with Gasteiger partial charge in [-0.25, -0.2) is 14.3 Å². The smallest absolute Gasteiger partial charge is 0.259 e. The van der Waals surface area contributed by atoms with E-state index in [0.717, 1.165) is 46.4 Å². The highest BCUT2D eigenvalue weighted by Gasteiger charge is 2.28. The number of ether oxygens (including phenoxy) is 1. The first-order valence-electron chi connectivity index (χ1n) is 12.5. The van der Waals surface area contributed by atoms with Crippen molar-refractivity contribution >= 4 is 27.2 Å². The minimum atomic E-state index is -3.55. The molecule has 1 aromatic carbocycles. The topological polar surface area (TPSA) is 135 Å². The van der Waals surface area contributed by atoms with Gasteiger partial charge in [-0.05, 0) is 53.9 Å².